The molecule has 1 saturated carbocycles. The lowest BCUT2D eigenvalue weighted by Gasteiger charge is -2.26. The second kappa shape index (κ2) is 10.4. The fourth-order valence-corrected chi connectivity index (χ4v) is 4.57. The number of rotatable bonds is 6. The lowest BCUT2D eigenvalue weighted by Crippen LogP contribution is -2.25. The van der Waals surface area contributed by atoms with Gasteiger partial charge in [-0.15, -0.1) is 13.2 Å². The van der Waals surface area contributed by atoms with Crippen LogP contribution in [0.15, 0.2) is 48.5 Å². The maximum Gasteiger partial charge on any atom is 0.573 e. The number of halogens is 9. The third-order valence-corrected chi connectivity index (χ3v) is 6.50. The Hall–Kier alpha value is -3.37. The van der Waals surface area contributed by atoms with Crippen LogP contribution >= 0.6 is 0 Å². The van der Waals surface area contributed by atoms with Gasteiger partial charge in [0.2, 0.25) is 0 Å². The van der Waals surface area contributed by atoms with E-state index in [1.54, 1.807) is 6.07 Å². The molecular formula is C27H21F9O2. The number of benzene rings is 3. The number of hydrogen-bond acceptors (Lipinski definition) is 2. The molecule has 3 aromatic carbocycles. The van der Waals surface area contributed by atoms with Crippen molar-refractivity contribution in [3.63, 3.8) is 0 Å². The Labute approximate surface area is 212 Å². The Bertz CT molecular complexity index is 1290. The summed E-state index contributed by atoms with van der Waals surface area (Å²) in [4.78, 5) is 0. The third-order valence-electron chi connectivity index (χ3n) is 6.50. The zero-order chi connectivity index (χ0) is 27.8. The predicted molar refractivity (Wildman–Crippen MR) is 120 cm³/mol. The molecule has 0 bridgehead atoms. The van der Waals surface area contributed by atoms with Gasteiger partial charge in [-0.05, 0) is 66.1 Å². The van der Waals surface area contributed by atoms with Gasteiger partial charge in [0.05, 0.1) is 0 Å². The highest BCUT2D eigenvalue weighted by Crippen LogP contribution is 2.40. The van der Waals surface area contributed by atoms with E-state index in [0.29, 0.717) is 30.2 Å². The van der Waals surface area contributed by atoms with Gasteiger partial charge < -0.3 is 9.47 Å². The van der Waals surface area contributed by atoms with E-state index in [9.17, 15) is 39.5 Å². The summed E-state index contributed by atoms with van der Waals surface area (Å²) in [6.07, 6.45) is -6.17. The van der Waals surface area contributed by atoms with Crippen molar-refractivity contribution in [2.75, 3.05) is 0 Å². The Kier molecular flexibility index (Phi) is 7.58. The molecule has 4 rings (SSSR count). The van der Waals surface area contributed by atoms with Crippen LogP contribution in [0.25, 0.3) is 11.1 Å². The molecule has 0 spiro atoms. The summed E-state index contributed by atoms with van der Waals surface area (Å²) in [5.74, 6) is -7.62. The topological polar surface area (TPSA) is 18.5 Å². The van der Waals surface area contributed by atoms with Crippen molar-refractivity contribution in [3.8, 4) is 22.6 Å². The highest BCUT2D eigenvalue weighted by molar-refractivity contribution is 5.65. The summed E-state index contributed by atoms with van der Waals surface area (Å²) in [5.41, 5.74) is -1.63. The average molecular weight is 548 g/mol. The van der Waals surface area contributed by atoms with Crippen LogP contribution in [0.3, 0.4) is 0 Å². The molecule has 204 valence electrons. The summed E-state index contributed by atoms with van der Waals surface area (Å²) < 4.78 is 132. The van der Waals surface area contributed by atoms with Gasteiger partial charge in [-0.25, -0.2) is 17.6 Å². The van der Waals surface area contributed by atoms with E-state index >= 15 is 0 Å². The Balaban J connectivity index is 1.57. The largest absolute Gasteiger partial charge is 0.573 e. The van der Waals surface area contributed by atoms with Gasteiger partial charge in [-0.1, -0.05) is 31.9 Å². The minimum Gasteiger partial charge on any atom is -0.429 e. The summed E-state index contributed by atoms with van der Waals surface area (Å²) >= 11 is 0. The van der Waals surface area contributed by atoms with E-state index in [2.05, 4.69) is 16.4 Å². The normalized spacial score (nSPS) is 18.4. The van der Waals surface area contributed by atoms with Crippen molar-refractivity contribution in [3.05, 3.63) is 82.9 Å². The zero-order valence-corrected chi connectivity index (χ0v) is 19.8. The Morgan fingerprint density at radius 2 is 1.32 bits per heavy atom. The van der Waals surface area contributed by atoms with Crippen molar-refractivity contribution >= 4 is 0 Å². The zero-order valence-electron chi connectivity index (χ0n) is 19.8. The van der Waals surface area contributed by atoms with Gasteiger partial charge in [0.15, 0.2) is 11.6 Å². The first-order valence-electron chi connectivity index (χ1n) is 11.6. The van der Waals surface area contributed by atoms with Crippen molar-refractivity contribution in [2.24, 2.45) is 5.92 Å². The first-order chi connectivity index (χ1) is 17.7. The van der Waals surface area contributed by atoms with Gasteiger partial charge >= 0.3 is 12.5 Å². The van der Waals surface area contributed by atoms with E-state index in [1.807, 2.05) is 0 Å². The molecule has 0 radical (unpaired) electrons. The van der Waals surface area contributed by atoms with Crippen LogP contribution in [-0.2, 0) is 6.11 Å². The van der Waals surface area contributed by atoms with Crippen LogP contribution in [0.5, 0.6) is 11.5 Å². The molecule has 0 unspecified atom stereocenters. The summed E-state index contributed by atoms with van der Waals surface area (Å²) in [6, 6.07) is 6.28. The lowest BCUT2D eigenvalue weighted by molar-refractivity contribution is -0.275. The van der Waals surface area contributed by atoms with Crippen LogP contribution in [0.4, 0.5) is 39.5 Å². The molecule has 1 aliphatic rings. The fourth-order valence-electron chi connectivity index (χ4n) is 4.57. The molecule has 0 saturated heterocycles. The van der Waals surface area contributed by atoms with Crippen LogP contribution < -0.4 is 9.47 Å². The van der Waals surface area contributed by atoms with E-state index in [-0.39, 0.29) is 23.1 Å². The standard InChI is InChI=1S/C27H21F9O2/c1-14-2-4-15(5-3-14)16-6-8-19(20(28)10-16)17-11-22(30)25(23(31)12-17)26(32,33)37-18-7-9-24(21(29)13-18)38-27(34,35)36/h6-15H,2-5H2,1H3. The predicted octanol–water partition coefficient (Wildman–Crippen LogP) is 9.23. The molecule has 11 heteroatoms. The van der Waals surface area contributed by atoms with Gasteiger partial charge in [-0.3, -0.25) is 0 Å². The van der Waals surface area contributed by atoms with Crippen LogP contribution in [0.2, 0.25) is 0 Å². The number of ether oxygens (including phenoxy) is 2. The molecule has 0 aromatic heterocycles. The highest BCUT2D eigenvalue weighted by atomic mass is 19.4. The van der Waals surface area contributed by atoms with Crippen molar-refractivity contribution in [1.82, 2.24) is 0 Å². The van der Waals surface area contributed by atoms with Crippen LogP contribution in [-0.4, -0.2) is 6.36 Å². The molecule has 1 fully saturated rings. The maximum atomic E-state index is 14.9. The van der Waals surface area contributed by atoms with Crippen molar-refractivity contribution in [2.45, 2.75) is 51.0 Å². The second-order valence-electron chi connectivity index (χ2n) is 9.27. The first-order valence-corrected chi connectivity index (χ1v) is 11.6. The summed E-state index contributed by atoms with van der Waals surface area (Å²) in [6.45, 7) is 2.14. The van der Waals surface area contributed by atoms with Crippen LogP contribution in [0, 0.1) is 29.2 Å². The van der Waals surface area contributed by atoms with E-state index < -0.39 is 52.8 Å². The molecule has 2 nitrogen and oxygen atoms in total. The van der Waals surface area contributed by atoms with Crippen LogP contribution in [0.1, 0.15) is 49.7 Å². The number of hydrogen-bond donors (Lipinski definition) is 0. The SMILES string of the molecule is CC1CCC(c2ccc(-c3cc(F)c(C(F)(F)Oc4ccc(OC(F)(F)F)c(F)c4)c(F)c3)c(F)c2)CC1. The Morgan fingerprint density at radius 1 is 0.684 bits per heavy atom. The molecule has 3 aromatic rings. The maximum absolute atomic E-state index is 14.9. The number of alkyl halides is 5. The molecule has 0 N–H and O–H groups in total. The van der Waals surface area contributed by atoms with Gasteiger partial charge in [0.25, 0.3) is 0 Å². The molecule has 1 aliphatic carbocycles. The van der Waals surface area contributed by atoms with Crippen molar-refractivity contribution in [1.29, 1.82) is 0 Å². The molecule has 0 amide bonds. The summed E-state index contributed by atoms with van der Waals surface area (Å²) in [5, 5.41) is 0. The Morgan fingerprint density at radius 3 is 1.87 bits per heavy atom. The smallest absolute Gasteiger partial charge is 0.429 e. The molecule has 38 heavy (non-hydrogen) atoms. The fraction of sp³-hybridized carbons (Fsp3) is 0.333. The minimum absolute atomic E-state index is 0.142. The van der Waals surface area contributed by atoms with Gasteiger partial charge in [-0.2, -0.15) is 8.78 Å². The van der Waals surface area contributed by atoms with E-state index in [0.717, 1.165) is 31.2 Å². The summed E-state index contributed by atoms with van der Waals surface area (Å²) in [7, 11) is 0. The van der Waals surface area contributed by atoms with Gasteiger partial charge in [0.1, 0.15) is 28.8 Å². The minimum atomic E-state index is -5.24. The van der Waals surface area contributed by atoms with Gasteiger partial charge in [0, 0.05) is 11.6 Å². The molecular weight excluding hydrogens is 527 g/mol. The van der Waals surface area contributed by atoms with E-state index in [4.69, 9.17) is 0 Å². The highest BCUT2D eigenvalue weighted by Gasteiger charge is 2.42. The molecule has 0 heterocycles. The molecule has 0 atom stereocenters. The lowest BCUT2D eigenvalue weighted by atomic mass is 9.79. The van der Waals surface area contributed by atoms with Crippen molar-refractivity contribution < 1.29 is 49.0 Å². The molecule has 0 aliphatic heterocycles. The monoisotopic (exact) mass is 548 g/mol. The first kappa shape index (κ1) is 27.7. The third kappa shape index (κ3) is 6.19. The second-order valence-corrected chi connectivity index (χ2v) is 9.27. The quantitative estimate of drug-likeness (QED) is 0.286. The average Bonchev–Trinajstić information content (AvgIpc) is 2.79. The van der Waals surface area contributed by atoms with E-state index in [1.165, 1.54) is 12.1 Å².